The molecule has 0 atom stereocenters. The van der Waals surface area contributed by atoms with Crippen molar-refractivity contribution in [2.75, 3.05) is 6.61 Å². The van der Waals surface area contributed by atoms with Crippen LogP contribution in [0.15, 0.2) is 23.0 Å². The van der Waals surface area contributed by atoms with Crippen LogP contribution in [-0.4, -0.2) is 21.5 Å². The molecule has 0 radical (unpaired) electrons. The Kier molecular flexibility index (Phi) is 2.31. The summed E-state index contributed by atoms with van der Waals surface area (Å²) in [4.78, 5) is 11.6. The zero-order valence-corrected chi connectivity index (χ0v) is 8.08. The summed E-state index contributed by atoms with van der Waals surface area (Å²) in [5.41, 5.74) is 0.557. The summed E-state index contributed by atoms with van der Waals surface area (Å²) in [6.45, 7) is 0.200. The molecule has 74 valence electrons. The Labute approximate surface area is 84.7 Å². The van der Waals surface area contributed by atoms with Crippen LogP contribution >= 0.6 is 11.6 Å². The first kappa shape index (κ1) is 9.30. The molecule has 2 N–H and O–H groups in total. The average molecular weight is 213 g/mol. The van der Waals surface area contributed by atoms with Gasteiger partial charge in [-0.1, -0.05) is 11.6 Å². The molecule has 2 rings (SSSR count). The quantitative estimate of drug-likeness (QED) is 0.780. The molecule has 0 aliphatic rings. The molecular formula is C9H9ClN2O2. The van der Waals surface area contributed by atoms with E-state index in [1.54, 1.807) is 18.2 Å². The number of rotatable bonds is 2. The van der Waals surface area contributed by atoms with Crippen molar-refractivity contribution in [3.63, 3.8) is 0 Å². The lowest BCUT2D eigenvalue weighted by atomic mass is 10.2. The summed E-state index contributed by atoms with van der Waals surface area (Å²) in [6, 6.07) is 5.03. The van der Waals surface area contributed by atoms with Crippen LogP contribution in [0, 0.1) is 0 Å². The summed E-state index contributed by atoms with van der Waals surface area (Å²) < 4.78 is 1.36. The van der Waals surface area contributed by atoms with E-state index in [1.165, 1.54) is 4.68 Å². The van der Waals surface area contributed by atoms with Crippen LogP contribution in [0.3, 0.4) is 0 Å². The van der Waals surface area contributed by atoms with Crippen molar-refractivity contribution in [1.29, 1.82) is 0 Å². The Morgan fingerprint density at radius 2 is 2.29 bits per heavy atom. The predicted molar refractivity (Wildman–Crippen MR) is 54.7 cm³/mol. The van der Waals surface area contributed by atoms with Gasteiger partial charge in [0.05, 0.1) is 24.1 Å². The van der Waals surface area contributed by atoms with Gasteiger partial charge in [0.25, 0.3) is 5.56 Å². The third-order valence-electron chi connectivity index (χ3n) is 2.04. The highest BCUT2D eigenvalue weighted by Crippen LogP contribution is 2.14. The van der Waals surface area contributed by atoms with E-state index < -0.39 is 0 Å². The number of H-pyrrole nitrogens is 1. The Balaban J connectivity index is 2.67. The van der Waals surface area contributed by atoms with Crippen molar-refractivity contribution in [2.24, 2.45) is 0 Å². The second kappa shape index (κ2) is 3.48. The third-order valence-corrected chi connectivity index (χ3v) is 2.27. The molecular weight excluding hydrogens is 204 g/mol. The fraction of sp³-hybridized carbons (Fsp3) is 0.222. The third kappa shape index (κ3) is 1.42. The molecule has 0 saturated heterocycles. The van der Waals surface area contributed by atoms with Crippen LogP contribution < -0.4 is 5.56 Å². The smallest absolute Gasteiger partial charge is 0.274 e. The zero-order chi connectivity index (χ0) is 10.1. The van der Waals surface area contributed by atoms with Gasteiger partial charge in [-0.15, -0.1) is 0 Å². The van der Waals surface area contributed by atoms with Crippen LogP contribution in [0.4, 0.5) is 0 Å². The second-order valence-corrected chi connectivity index (χ2v) is 3.42. The van der Waals surface area contributed by atoms with E-state index in [4.69, 9.17) is 16.7 Å². The zero-order valence-electron chi connectivity index (χ0n) is 7.33. The number of hydrogen-bond donors (Lipinski definition) is 2. The van der Waals surface area contributed by atoms with Crippen LogP contribution in [0.5, 0.6) is 0 Å². The van der Waals surface area contributed by atoms with Crippen molar-refractivity contribution in [2.45, 2.75) is 6.54 Å². The molecule has 0 aliphatic heterocycles. The minimum Gasteiger partial charge on any atom is -0.394 e. The van der Waals surface area contributed by atoms with E-state index in [0.717, 1.165) is 0 Å². The SMILES string of the molecule is O=c1c2ccc(Cl)cc2[nH]n1CCO. The first-order chi connectivity index (χ1) is 6.72. The molecule has 1 aromatic heterocycles. The van der Waals surface area contributed by atoms with Gasteiger partial charge in [-0.2, -0.15) is 0 Å². The number of fused-ring (bicyclic) bond motifs is 1. The fourth-order valence-electron chi connectivity index (χ4n) is 1.39. The van der Waals surface area contributed by atoms with Gasteiger partial charge in [-0.25, -0.2) is 4.68 Å². The summed E-state index contributed by atoms with van der Waals surface area (Å²) in [5, 5.41) is 12.7. The Morgan fingerprint density at radius 1 is 1.50 bits per heavy atom. The predicted octanol–water partition coefficient (Wildman–Crippen LogP) is 0.975. The monoisotopic (exact) mass is 212 g/mol. The van der Waals surface area contributed by atoms with E-state index >= 15 is 0 Å². The van der Waals surface area contributed by atoms with E-state index in [9.17, 15) is 4.79 Å². The fourth-order valence-corrected chi connectivity index (χ4v) is 1.57. The van der Waals surface area contributed by atoms with Crippen molar-refractivity contribution < 1.29 is 5.11 Å². The van der Waals surface area contributed by atoms with Crippen molar-refractivity contribution in [1.82, 2.24) is 9.78 Å². The van der Waals surface area contributed by atoms with Crippen molar-refractivity contribution in [3.8, 4) is 0 Å². The van der Waals surface area contributed by atoms with Gasteiger partial charge < -0.3 is 5.11 Å². The van der Waals surface area contributed by atoms with Gasteiger partial charge in [0.1, 0.15) is 0 Å². The molecule has 14 heavy (non-hydrogen) atoms. The Hall–Kier alpha value is -1.26. The number of nitrogens with zero attached hydrogens (tertiary/aromatic N) is 1. The molecule has 0 spiro atoms. The molecule has 0 bridgehead atoms. The van der Waals surface area contributed by atoms with Gasteiger partial charge >= 0.3 is 0 Å². The van der Waals surface area contributed by atoms with Crippen LogP contribution in [-0.2, 0) is 6.54 Å². The standard InChI is InChI=1S/C9H9ClN2O2/c10-6-1-2-7-8(5-6)11-12(3-4-13)9(7)14/h1-2,5,11,13H,3-4H2. The van der Waals surface area contributed by atoms with Gasteiger partial charge in [0.15, 0.2) is 0 Å². The molecule has 4 nitrogen and oxygen atoms in total. The Morgan fingerprint density at radius 3 is 3.00 bits per heavy atom. The summed E-state index contributed by atoms with van der Waals surface area (Å²) in [7, 11) is 0. The highest BCUT2D eigenvalue weighted by molar-refractivity contribution is 6.31. The highest BCUT2D eigenvalue weighted by atomic mass is 35.5. The van der Waals surface area contributed by atoms with Crippen molar-refractivity contribution in [3.05, 3.63) is 33.6 Å². The van der Waals surface area contributed by atoms with E-state index in [1.807, 2.05) is 0 Å². The second-order valence-electron chi connectivity index (χ2n) is 2.98. The maximum atomic E-state index is 11.6. The number of aliphatic hydroxyl groups excluding tert-OH is 1. The van der Waals surface area contributed by atoms with Gasteiger partial charge in [-0.05, 0) is 18.2 Å². The first-order valence-electron chi connectivity index (χ1n) is 4.21. The van der Waals surface area contributed by atoms with Gasteiger partial charge in [-0.3, -0.25) is 9.89 Å². The van der Waals surface area contributed by atoms with Crippen molar-refractivity contribution >= 4 is 22.5 Å². The normalized spacial score (nSPS) is 11.0. The molecule has 0 fully saturated rings. The number of aromatic amines is 1. The van der Waals surface area contributed by atoms with Crippen LogP contribution in [0.1, 0.15) is 0 Å². The molecule has 0 amide bonds. The average Bonchev–Trinajstić information content (AvgIpc) is 2.44. The number of hydrogen-bond acceptors (Lipinski definition) is 2. The minimum atomic E-state index is -0.134. The highest BCUT2D eigenvalue weighted by Gasteiger charge is 2.05. The number of aliphatic hydroxyl groups is 1. The molecule has 2 aromatic rings. The van der Waals surface area contributed by atoms with E-state index in [-0.39, 0.29) is 18.7 Å². The number of halogens is 1. The van der Waals surface area contributed by atoms with Crippen LogP contribution in [0.25, 0.3) is 10.9 Å². The summed E-state index contributed by atoms with van der Waals surface area (Å²) in [6.07, 6.45) is 0. The molecule has 0 unspecified atom stereocenters. The van der Waals surface area contributed by atoms with Gasteiger partial charge in [0.2, 0.25) is 0 Å². The molecule has 5 heteroatoms. The Bertz CT molecular complexity index is 515. The molecule has 0 saturated carbocycles. The molecule has 1 aromatic carbocycles. The first-order valence-corrected chi connectivity index (χ1v) is 4.59. The molecule has 0 aliphatic carbocycles. The van der Waals surface area contributed by atoms with Gasteiger partial charge in [0, 0.05) is 5.02 Å². The summed E-state index contributed by atoms with van der Waals surface area (Å²) >= 11 is 5.78. The number of nitrogens with one attached hydrogen (secondary N) is 1. The topological polar surface area (TPSA) is 58.0 Å². The van der Waals surface area contributed by atoms with E-state index in [0.29, 0.717) is 15.9 Å². The largest absolute Gasteiger partial charge is 0.394 e. The van der Waals surface area contributed by atoms with E-state index in [2.05, 4.69) is 5.10 Å². The lowest BCUT2D eigenvalue weighted by molar-refractivity contribution is 0.268. The molecule has 1 heterocycles. The lowest BCUT2D eigenvalue weighted by Gasteiger charge is -1.94. The minimum absolute atomic E-state index is 0.0690. The summed E-state index contributed by atoms with van der Waals surface area (Å²) in [5.74, 6) is 0. The van der Waals surface area contributed by atoms with Crippen LogP contribution in [0.2, 0.25) is 5.02 Å². The maximum Gasteiger partial charge on any atom is 0.274 e. The number of aromatic nitrogens is 2. The maximum absolute atomic E-state index is 11.6. The number of benzene rings is 1. The lowest BCUT2D eigenvalue weighted by Crippen LogP contribution is -2.18.